The van der Waals surface area contributed by atoms with Gasteiger partial charge in [-0.1, -0.05) is 12.1 Å². The molecular formula is C19H17F4N5O3. The molecule has 2 aromatic heterocycles. The van der Waals surface area contributed by atoms with Gasteiger partial charge in [-0.25, -0.2) is 4.39 Å². The third kappa shape index (κ3) is 4.79. The summed E-state index contributed by atoms with van der Waals surface area (Å²) in [5, 5.41) is 19.4. The van der Waals surface area contributed by atoms with Gasteiger partial charge in [0.05, 0.1) is 36.3 Å². The summed E-state index contributed by atoms with van der Waals surface area (Å²) in [4.78, 5) is 25.4. The molecule has 1 amide bonds. The minimum Gasteiger partial charge on any atom is -0.394 e. The fraction of sp³-hybridized carbons (Fsp3) is 0.263. The Balaban J connectivity index is 2.13. The molecule has 2 N–H and O–H groups in total. The number of aromatic nitrogens is 4. The lowest BCUT2D eigenvalue weighted by molar-refractivity contribution is -0.137. The first kappa shape index (κ1) is 22.2. The van der Waals surface area contributed by atoms with E-state index in [1.54, 1.807) is 7.05 Å². The molecule has 8 nitrogen and oxygen atoms in total. The Labute approximate surface area is 172 Å². The summed E-state index contributed by atoms with van der Waals surface area (Å²) in [5.41, 5.74) is -1.70. The zero-order valence-electron chi connectivity index (χ0n) is 16.1. The second-order valence-corrected chi connectivity index (χ2v) is 6.61. The van der Waals surface area contributed by atoms with E-state index in [4.69, 9.17) is 5.11 Å². The number of nitrogens with one attached hydrogen (secondary N) is 1. The maximum absolute atomic E-state index is 12.9. The topological polar surface area (TPSA) is 102 Å². The fourth-order valence-electron chi connectivity index (χ4n) is 2.72. The van der Waals surface area contributed by atoms with Crippen LogP contribution < -0.4 is 10.9 Å². The van der Waals surface area contributed by atoms with Gasteiger partial charge in [0.25, 0.3) is 11.5 Å². The van der Waals surface area contributed by atoms with Crippen molar-refractivity contribution in [1.29, 1.82) is 0 Å². The van der Waals surface area contributed by atoms with Crippen LogP contribution in [0.3, 0.4) is 0 Å². The van der Waals surface area contributed by atoms with Crippen LogP contribution in [0.4, 0.5) is 17.6 Å². The third-order valence-corrected chi connectivity index (χ3v) is 4.34. The van der Waals surface area contributed by atoms with Crippen LogP contribution in [0.25, 0.3) is 16.9 Å². The summed E-state index contributed by atoms with van der Waals surface area (Å²) in [7, 11) is 1.59. The van der Waals surface area contributed by atoms with Crippen LogP contribution in [0.15, 0.2) is 47.5 Å². The highest BCUT2D eigenvalue weighted by atomic mass is 19.4. The Bertz CT molecular complexity index is 1130. The summed E-state index contributed by atoms with van der Waals surface area (Å²) >= 11 is 0. The molecule has 0 spiro atoms. The van der Waals surface area contributed by atoms with E-state index < -0.39 is 48.1 Å². The molecule has 0 bridgehead atoms. The molecule has 0 aliphatic rings. The fourth-order valence-corrected chi connectivity index (χ4v) is 2.72. The van der Waals surface area contributed by atoms with Gasteiger partial charge in [0, 0.05) is 12.6 Å². The third-order valence-electron chi connectivity index (χ3n) is 4.34. The number of rotatable bonds is 6. The summed E-state index contributed by atoms with van der Waals surface area (Å²) in [6.07, 6.45) is -1.77. The molecule has 0 aliphatic carbocycles. The van der Waals surface area contributed by atoms with Crippen LogP contribution in [0.1, 0.15) is 15.9 Å². The lowest BCUT2D eigenvalue weighted by Gasteiger charge is -2.14. The normalized spacial score (nSPS) is 12.6. The predicted octanol–water partition coefficient (Wildman–Crippen LogP) is 1.71. The van der Waals surface area contributed by atoms with Crippen LogP contribution in [-0.2, 0) is 13.2 Å². The minimum atomic E-state index is -4.53. The largest absolute Gasteiger partial charge is 0.416 e. The maximum Gasteiger partial charge on any atom is 0.416 e. The summed E-state index contributed by atoms with van der Waals surface area (Å²) in [6.45, 7) is -1.74. The second kappa shape index (κ2) is 8.68. The molecule has 2 heterocycles. The number of benzene rings is 1. The highest BCUT2D eigenvalue weighted by molar-refractivity contribution is 5.95. The van der Waals surface area contributed by atoms with Crippen molar-refractivity contribution in [2.75, 3.05) is 13.3 Å². The Morgan fingerprint density at radius 3 is 2.45 bits per heavy atom. The van der Waals surface area contributed by atoms with Crippen molar-refractivity contribution in [3.05, 3.63) is 64.2 Å². The standard InChI is InChI=1S/C19H17F4N5O3/c1-27-9-14(8-24-27)28-18(31)15(17(30)25-13(7-20)10-29)6-16(26-28)11-2-4-12(5-3-11)19(21,22)23/h2-6,8-9,13,29H,7,10H2,1H3,(H,25,30). The number of carbonyl (C=O) groups excluding carboxylic acids is 1. The number of alkyl halides is 4. The highest BCUT2D eigenvalue weighted by Crippen LogP contribution is 2.30. The molecule has 0 saturated carbocycles. The molecular weight excluding hydrogens is 422 g/mol. The van der Waals surface area contributed by atoms with Crippen LogP contribution >= 0.6 is 0 Å². The number of amides is 1. The molecule has 3 aromatic rings. The summed E-state index contributed by atoms with van der Waals surface area (Å²) in [6, 6.07) is 3.88. The molecule has 1 atom stereocenters. The molecule has 0 radical (unpaired) electrons. The van der Waals surface area contributed by atoms with E-state index in [0.29, 0.717) is 0 Å². The molecule has 0 fully saturated rings. The van der Waals surface area contributed by atoms with Gasteiger partial charge in [-0.2, -0.15) is 28.1 Å². The van der Waals surface area contributed by atoms with Crippen molar-refractivity contribution < 1.29 is 27.5 Å². The van der Waals surface area contributed by atoms with Gasteiger partial charge < -0.3 is 10.4 Å². The van der Waals surface area contributed by atoms with Crippen molar-refractivity contribution in [3.63, 3.8) is 0 Å². The number of nitrogens with zero attached hydrogens (tertiary/aromatic N) is 4. The van der Waals surface area contributed by atoms with Crippen molar-refractivity contribution >= 4 is 5.91 Å². The second-order valence-electron chi connectivity index (χ2n) is 6.61. The zero-order valence-corrected chi connectivity index (χ0v) is 16.1. The Morgan fingerprint density at radius 2 is 1.94 bits per heavy atom. The van der Waals surface area contributed by atoms with Crippen LogP contribution in [0, 0.1) is 0 Å². The molecule has 0 saturated heterocycles. The van der Waals surface area contributed by atoms with Gasteiger partial charge in [-0.05, 0) is 18.2 Å². The van der Waals surface area contributed by atoms with Crippen molar-refractivity contribution in [2.45, 2.75) is 12.2 Å². The van der Waals surface area contributed by atoms with E-state index in [2.05, 4.69) is 15.5 Å². The van der Waals surface area contributed by atoms with Crippen molar-refractivity contribution in [2.24, 2.45) is 7.05 Å². The molecule has 1 aromatic carbocycles. The van der Waals surface area contributed by atoms with E-state index in [1.807, 2.05) is 0 Å². The molecule has 1 unspecified atom stereocenters. The molecule has 0 aliphatic heterocycles. The number of halogens is 4. The van der Waals surface area contributed by atoms with Gasteiger partial charge in [-0.15, -0.1) is 0 Å². The quantitative estimate of drug-likeness (QED) is 0.570. The zero-order chi connectivity index (χ0) is 22.8. The van der Waals surface area contributed by atoms with E-state index in [0.717, 1.165) is 35.0 Å². The summed E-state index contributed by atoms with van der Waals surface area (Å²) < 4.78 is 53.7. The Morgan fingerprint density at radius 1 is 1.26 bits per heavy atom. The van der Waals surface area contributed by atoms with E-state index in [-0.39, 0.29) is 16.9 Å². The average molecular weight is 439 g/mol. The first-order valence-electron chi connectivity index (χ1n) is 8.92. The Kier molecular flexibility index (Phi) is 6.20. The van der Waals surface area contributed by atoms with Gasteiger partial charge in [0.1, 0.15) is 17.9 Å². The maximum atomic E-state index is 12.9. The van der Waals surface area contributed by atoms with Crippen LogP contribution in [0.2, 0.25) is 0 Å². The SMILES string of the molecule is Cn1cc(-n2nc(-c3ccc(C(F)(F)F)cc3)cc(C(=O)NC(CO)CF)c2=O)cn1. The van der Waals surface area contributed by atoms with Crippen molar-refractivity contribution in [3.8, 4) is 16.9 Å². The number of hydrogen-bond donors (Lipinski definition) is 2. The minimum absolute atomic E-state index is 0.0307. The molecule has 31 heavy (non-hydrogen) atoms. The van der Waals surface area contributed by atoms with Gasteiger partial charge in [0.15, 0.2) is 0 Å². The number of aliphatic hydroxyl groups is 1. The molecule has 164 valence electrons. The van der Waals surface area contributed by atoms with E-state index in [1.165, 1.54) is 17.1 Å². The molecule has 12 heteroatoms. The predicted molar refractivity (Wildman–Crippen MR) is 101 cm³/mol. The average Bonchev–Trinajstić information content (AvgIpc) is 3.17. The first-order chi connectivity index (χ1) is 14.6. The number of hydrogen-bond acceptors (Lipinski definition) is 5. The lowest BCUT2D eigenvalue weighted by Crippen LogP contribution is -2.42. The van der Waals surface area contributed by atoms with Gasteiger partial charge >= 0.3 is 6.18 Å². The smallest absolute Gasteiger partial charge is 0.394 e. The monoisotopic (exact) mass is 439 g/mol. The first-order valence-corrected chi connectivity index (χ1v) is 8.92. The van der Waals surface area contributed by atoms with Crippen LogP contribution in [0.5, 0.6) is 0 Å². The number of aliphatic hydroxyl groups excluding tert-OH is 1. The number of carbonyl (C=O) groups is 1. The van der Waals surface area contributed by atoms with Gasteiger partial charge in [-0.3, -0.25) is 14.3 Å². The Hall–Kier alpha value is -3.54. The van der Waals surface area contributed by atoms with Gasteiger partial charge in [0.2, 0.25) is 0 Å². The van der Waals surface area contributed by atoms with Crippen LogP contribution in [-0.4, -0.2) is 49.9 Å². The van der Waals surface area contributed by atoms with E-state index in [9.17, 15) is 27.2 Å². The molecule has 3 rings (SSSR count). The van der Waals surface area contributed by atoms with E-state index >= 15 is 0 Å². The lowest BCUT2D eigenvalue weighted by atomic mass is 10.1. The number of aryl methyl sites for hydroxylation is 1. The summed E-state index contributed by atoms with van der Waals surface area (Å²) in [5.74, 6) is -0.963. The highest BCUT2D eigenvalue weighted by Gasteiger charge is 2.30. The van der Waals surface area contributed by atoms with Crippen molar-refractivity contribution in [1.82, 2.24) is 24.9 Å².